The van der Waals surface area contributed by atoms with Crippen LogP contribution in [0.2, 0.25) is 0 Å². The Morgan fingerprint density at radius 2 is 1.86 bits per heavy atom. The van der Waals surface area contributed by atoms with Crippen molar-refractivity contribution in [3.63, 3.8) is 0 Å². The van der Waals surface area contributed by atoms with E-state index >= 15 is 0 Å². The van der Waals surface area contributed by atoms with Gasteiger partial charge in [0, 0.05) is 25.5 Å². The van der Waals surface area contributed by atoms with Gasteiger partial charge in [0.15, 0.2) is 5.65 Å². The van der Waals surface area contributed by atoms with Gasteiger partial charge in [0.2, 0.25) is 0 Å². The molecule has 22 heavy (non-hydrogen) atoms. The predicted molar refractivity (Wildman–Crippen MR) is 84.7 cm³/mol. The normalized spacial score (nSPS) is 18.5. The fourth-order valence-electron chi connectivity index (χ4n) is 2.75. The molecule has 1 aliphatic heterocycles. The third kappa shape index (κ3) is 2.51. The van der Waals surface area contributed by atoms with Crippen molar-refractivity contribution in [3.8, 4) is 0 Å². The quantitative estimate of drug-likeness (QED) is 0.726. The Bertz CT molecular complexity index is 778. The molecule has 1 unspecified atom stereocenters. The maximum atomic E-state index is 5.91. The van der Waals surface area contributed by atoms with E-state index < -0.39 is 0 Å². The van der Waals surface area contributed by atoms with Crippen molar-refractivity contribution >= 4 is 17.0 Å². The minimum atomic E-state index is 0.0781. The summed E-state index contributed by atoms with van der Waals surface area (Å²) >= 11 is 0. The molecule has 1 fully saturated rings. The first-order chi connectivity index (χ1) is 10.9. The number of anilines is 1. The van der Waals surface area contributed by atoms with Gasteiger partial charge in [0.05, 0.1) is 6.61 Å². The number of morpholine rings is 1. The Kier molecular flexibility index (Phi) is 3.40. The number of rotatable bonds is 2. The van der Waals surface area contributed by atoms with Crippen molar-refractivity contribution in [1.82, 2.24) is 15.0 Å². The van der Waals surface area contributed by atoms with Gasteiger partial charge in [0.25, 0.3) is 0 Å². The highest BCUT2D eigenvalue weighted by molar-refractivity contribution is 5.71. The summed E-state index contributed by atoms with van der Waals surface area (Å²) in [7, 11) is 0. The molecule has 0 bridgehead atoms. The first-order valence-corrected chi connectivity index (χ1v) is 7.39. The Labute approximate surface area is 128 Å². The predicted octanol–water partition coefficient (Wildman–Crippen LogP) is 2.60. The lowest BCUT2D eigenvalue weighted by molar-refractivity contribution is 0.0395. The highest BCUT2D eigenvalue weighted by Gasteiger charge is 2.23. The van der Waals surface area contributed by atoms with E-state index in [1.54, 1.807) is 12.4 Å². The van der Waals surface area contributed by atoms with Gasteiger partial charge in [-0.25, -0.2) is 9.97 Å². The molecular formula is C17H16N4O. The molecule has 2 aromatic heterocycles. The zero-order valence-electron chi connectivity index (χ0n) is 12.1. The van der Waals surface area contributed by atoms with E-state index in [9.17, 15) is 0 Å². The zero-order chi connectivity index (χ0) is 14.8. The standard InChI is InChI=1S/C17H16N4O/c1-2-4-13(5-3-1)15-12-21(10-11-22-15)16-7-6-14-17(20-16)19-9-8-18-14/h1-9,15H,10-12H2. The number of nitrogens with zero attached hydrogens (tertiary/aromatic N) is 4. The molecule has 1 aliphatic rings. The third-order valence-corrected chi connectivity index (χ3v) is 3.88. The number of hydrogen-bond acceptors (Lipinski definition) is 5. The average molecular weight is 292 g/mol. The second-order valence-corrected chi connectivity index (χ2v) is 5.28. The first kappa shape index (κ1) is 13.2. The summed E-state index contributed by atoms with van der Waals surface area (Å²) in [6.45, 7) is 2.32. The molecule has 0 saturated carbocycles. The smallest absolute Gasteiger partial charge is 0.180 e. The van der Waals surface area contributed by atoms with E-state index in [0.717, 1.165) is 24.4 Å². The van der Waals surface area contributed by atoms with Gasteiger partial charge in [-0.3, -0.25) is 4.98 Å². The van der Waals surface area contributed by atoms with E-state index in [1.807, 2.05) is 30.3 Å². The topological polar surface area (TPSA) is 51.1 Å². The monoisotopic (exact) mass is 292 g/mol. The Morgan fingerprint density at radius 1 is 1.00 bits per heavy atom. The molecule has 0 radical (unpaired) electrons. The third-order valence-electron chi connectivity index (χ3n) is 3.88. The molecule has 5 nitrogen and oxygen atoms in total. The van der Waals surface area contributed by atoms with Crippen LogP contribution in [0.1, 0.15) is 11.7 Å². The van der Waals surface area contributed by atoms with Crippen molar-refractivity contribution in [3.05, 3.63) is 60.4 Å². The molecule has 3 heterocycles. The lowest BCUT2D eigenvalue weighted by Crippen LogP contribution is -2.38. The minimum Gasteiger partial charge on any atom is -0.370 e. The SMILES string of the molecule is c1ccc(C2CN(c3ccc4nccnc4n3)CCO2)cc1. The lowest BCUT2D eigenvalue weighted by Gasteiger charge is -2.34. The van der Waals surface area contributed by atoms with Crippen molar-refractivity contribution in [2.45, 2.75) is 6.10 Å². The van der Waals surface area contributed by atoms with E-state index in [2.05, 4.69) is 32.0 Å². The van der Waals surface area contributed by atoms with E-state index in [4.69, 9.17) is 4.74 Å². The van der Waals surface area contributed by atoms with E-state index in [1.165, 1.54) is 5.56 Å². The summed E-state index contributed by atoms with van der Waals surface area (Å²) in [5.41, 5.74) is 2.70. The van der Waals surface area contributed by atoms with Crippen LogP contribution in [0.3, 0.4) is 0 Å². The lowest BCUT2D eigenvalue weighted by atomic mass is 10.1. The molecule has 110 valence electrons. The van der Waals surface area contributed by atoms with Gasteiger partial charge in [-0.2, -0.15) is 0 Å². The van der Waals surface area contributed by atoms with Gasteiger partial charge in [-0.05, 0) is 17.7 Å². The van der Waals surface area contributed by atoms with Crippen LogP contribution in [0.15, 0.2) is 54.9 Å². The van der Waals surface area contributed by atoms with Crippen LogP contribution in [0.25, 0.3) is 11.2 Å². The average Bonchev–Trinajstić information content (AvgIpc) is 2.62. The van der Waals surface area contributed by atoms with Crippen LogP contribution in [-0.2, 0) is 4.74 Å². The van der Waals surface area contributed by atoms with Crippen molar-refractivity contribution in [2.75, 3.05) is 24.6 Å². The summed E-state index contributed by atoms with van der Waals surface area (Å²) < 4.78 is 5.91. The van der Waals surface area contributed by atoms with Crippen molar-refractivity contribution in [1.29, 1.82) is 0 Å². The molecule has 1 saturated heterocycles. The zero-order valence-corrected chi connectivity index (χ0v) is 12.1. The molecule has 0 amide bonds. The fourth-order valence-corrected chi connectivity index (χ4v) is 2.75. The highest BCUT2D eigenvalue weighted by atomic mass is 16.5. The van der Waals surface area contributed by atoms with Crippen LogP contribution in [0, 0.1) is 0 Å². The van der Waals surface area contributed by atoms with E-state index in [0.29, 0.717) is 12.3 Å². The number of pyridine rings is 1. The summed E-state index contributed by atoms with van der Waals surface area (Å²) in [4.78, 5) is 15.4. The maximum absolute atomic E-state index is 5.91. The molecule has 0 spiro atoms. The number of hydrogen-bond donors (Lipinski definition) is 0. The highest BCUT2D eigenvalue weighted by Crippen LogP contribution is 2.25. The Balaban J connectivity index is 1.61. The van der Waals surface area contributed by atoms with Gasteiger partial charge in [-0.15, -0.1) is 0 Å². The molecule has 5 heteroatoms. The van der Waals surface area contributed by atoms with Crippen LogP contribution in [0.4, 0.5) is 5.82 Å². The molecule has 1 atom stereocenters. The van der Waals surface area contributed by atoms with Crippen LogP contribution in [0.5, 0.6) is 0 Å². The fraction of sp³-hybridized carbons (Fsp3) is 0.235. The van der Waals surface area contributed by atoms with Gasteiger partial charge in [0.1, 0.15) is 17.4 Å². The van der Waals surface area contributed by atoms with Crippen LogP contribution in [-0.4, -0.2) is 34.6 Å². The van der Waals surface area contributed by atoms with Crippen LogP contribution < -0.4 is 4.90 Å². The number of ether oxygens (including phenoxy) is 1. The van der Waals surface area contributed by atoms with Crippen molar-refractivity contribution < 1.29 is 4.74 Å². The Morgan fingerprint density at radius 3 is 2.77 bits per heavy atom. The second kappa shape index (κ2) is 5.69. The van der Waals surface area contributed by atoms with Crippen molar-refractivity contribution in [2.24, 2.45) is 0 Å². The Hall–Kier alpha value is -2.53. The molecule has 3 aromatic rings. The summed E-state index contributed by atoms with van der Waals surface area (Å²) in [6.07, 6.45) is 3.43. The number of aromatic nitrogens is 3. The summed E-state index contributed by atoms with van der Waals surface area (Å²) in [6, 6.07) is 14.3. The summed E-state index contributed by atoms with van der Waals surface area (Å²) in [5, 5.41) is 0. The molecule has 1 aromatic carbocycles. The molecular weight excluding hydrogens is 276 g/mol. The van der Waals surface area contributed by atoms with Gasteiger partial charge in [-0.1, -0.05) is 30.3 Å². The number of benzene rings is 1. The second-order valence-electron chi connectivity index (χ2n) is 5.28. The first-order valence-electron chi connectivity index (χ1n) is 7.39. The summed E-state index contributed by atoms with van der Waals surface area (Å²) in [5.74, 6) is 0.928. The number of fused-ring (bicyclic) bond motifs is 1. The largest absolute Gasteiger partial charge is 0.370 e. The maximum Gasteiger partial charge on any atom is 0.180 e. The minimum absolute atomic E-state index is 0.0781. The van der Waals surface area contributed by atoms with E-state index in [-0.39, 0.29) is 6.10 Å². The van der Waals surface area contributed by atoms with Gasteiger partial charge < -0.3 is 9.64 Å². The molecule has 0 aliphatic carbocycles. The van der Waals surface area contributed by atoms with Crippen LogP contribution >= 0.6 is 0 Å². The van der Waals surface area contributed by atoms with Gasteiger partial charge >= 0.3 is 0 Å². The molecule has 4 rings (SSSR count). The molecule has 0 N–H and O–H groups in total.